The fourth-order valence-corrected chi connectivity index (χ4v) is 3.07. The van der Waals surface area contributed by atoms with Crippen LogP contribution in [0.2, 0.25) is 0 Å². The highest BCUT2D eigenvalue weighted by Gasteiger charge is 2.24. The first-order valence-electron chi connectivity index (χ1n) is 7.61. The van der Waals surface area contributed by atoms with Gasteiger partial charge in [-0.05, 0) is 37.8 Å². The summed E-state index contributed by atoms with van der Waals surface area (Å²) < 4.78 is 11.6. The van der Waals surface area contributed by atoms with Crippen LogP contribution in [0.25, 0.3) is 10.9 Å². The minimum Gasteiger partial charge on any atom is -0.492 e. The molecular weight excluding hydrogens is 282 g/mol. The molecule has 2 N–H and O–H groups in total. The van der Waals surface area contributed by atoms with Gasteiger partial charge in [0.1, 0.15) is 0 Å². The number of rotatable bonds is 4. The van der Waals surface area contributed by atoms with E-state index in [-0.39, 0.29) is 18.1 Å². The lowest BCUT2D eigenvalue weighted by Gasteiger charge is -2.29. The van der Waals surface area contributed by atoms with Crippen LogP contribution in [0.4, 0.5) is 0 Å². The lowest BCUT2D eigenvalue weighted by molar-refractivity contribution is -0.120. The number of hydrogen-bond acceptors (Lipinski definition) is 4. The minimum atomic E-state index is 0.0384. The average Bonchev–Trinajstić information content (AvgIpc) is 2.97. The summed E-state index contributed by atoms with van der Waals surface area (Å²) in [5.41, 5.74) is 0.929. The second-order valence-corrected chi connectivity index (χ2v) is 5.72. The Morgan fingerprint density at radius 1 is 1.32 bits per heavy atom. The molecular formula is C16H21N3O3. The van der Waals surface area contributed by atoms with Gasteiger partial charge in [0.2, 0.25) is 5.91 Å². The predicted molar refractivity (Wildman–Crippen MR) is 83.1 cm³/mol. The monoisotopic (exact) mass is 303 g/mol. The fraction of sp³-hybridized carbons (Fsp3) is 0.500. The van der Waals surface area contributed by atoms with E-state index < -0.39 is 0 Å². The number of amides is 1. The molecule has 0 unspecified atom stereocenters. The van der Waals surface area contributed by atoms with E-state index in [1.54, 1.807) is 20.2 Å². The number of carbonyl (C=O) groups excluding carboxylic acids is 1. The molecule has 1 amide bonds. The second-order valence-electron chi connectivity index (χ2n) is 5.72. The molecule has 2 aromatic rings. The molecule has 22 heavy (non-hydrogen) atoms. The van der Waals surface area contributed by atoms with E-state index >= 15 is 0 Å². The molecule has 1 aromatic carbocycles. The molecule has 118 valence electrons. The Bertz CT molecular complexity index is 660. The van der Waals surface area contributed by atoms with Gasteiger partial charge < -0.3 is 14.8 Å². The van der Waals surface area contributed by atoms with E-state index in [0.29, 0.717) is 0 Å². The summed E-state index contributed by atoms with van der Waals surface area (Å²) in [4.78, 5) is 11.1. The van der Waals surface area contributed by atoms with Gasteiger partial charge in [-0.25, -0.2) is 0 Å². The van der Waals surface area contributed by atoms with Gasteiger partial charge in [0, 0.05) is 13.0 Å². The topological polar surface area (TPSA) is 76.2 Å². The summed E-state index contributed by atoms with van der Waals surface area (Å²) in [6.45, 7) is 1.56. The number of carbonyl (C=O) groups is 1. The Morgan fingerprint density at radius 3 is 2.77 bits per heavy atom. The van der Waals surface area contributed by atoms with Crippen molar-refractivity contribution in [1.29, 1.82) is 0 Å². The van der Waals surface area contributed by atoms with Gasteiger partial charge in [-0.2, -0.15) is 5.10 Å². The van der Waals surface area contributed by atoms with Crippen LogP contribution in [0, 0.1) is 0 Å². The van der Waals surface area contributed by atoms with Gasteiger partial charge in [0.25, 0.3) is 0 Å². The van der Waals surface area contributed by atoms with Crippen molar-refractivity contribution >= 4 is 16.8 Å². The van der Waals surface area contributed by atoms with Crippen LogP contribution in [0.3, 0.4) is 0 Å². The highest BCUT2D eigenvalue weighted by molar-refractivity contribution is 5.87. The fourth-order valence-electron chi connectivity index (χ4n) is 3.07. The third kappa shape index (κ3) is 3.00. The van der Waals surface area contributed by atoms with Gasteiger partial charge in [0.15, 0.2) is 11.5 Å². The zero-order valence-corrected chi connectivity index (χ0v) is 12.9. The lowest BCUT2D eigenvalue weighted by Crippen LogP contribution is -2.38. The Hall–Kier alpha value is -2.24. The molecule has 1 aromatic heterocycles. The van der Waals surface area contributed by atoms with Gasteiger partial charge in [-0.1, -0.05) is 0 Å². The maximum Gasteiger partial charge on any atom is 0.217 e. The van der Waals surface area contributed by atoms with Crippen LogP contribution in [0.5, 0.6) is 11.5 Å². The number of nitrogens with one attached hydrogen (secondary N) is 2. The molecule has 1 heterocycles. The van der Waals surface area contributed by atoms with E-state index in [4.69, 9.17) is 9.47 Å². The van der Waals surface area contributed by atoms with Crippen LogP contribution in [-0.4, -0.2) is 35.4 Å². The van der Waals surface area contributed by atoms with Crippen molar-refractivity contribution in [3.05, 3.63) is 18.3 Å². The first kappa shape index (κ1) is 14.7. The highest BCUT2D eigenvalue weighted by atomic mass is 16.5. The van der Waals surface area contributed by atoms with Gasteiger partial charge in [-0.15, -0.1) is 0 Å². The number of aromatic amines is 1. The largest absolute Gasteiger partial charge is 0.492 e. The molecule has 0 saturated heterocycles. The molecule has 0 atom stereocenters. The number of methoxy groups -OCH3 is 1. The van der Waals surface area contributed by atoms with Crippen LogP contribution < -0.4 is 14.8 Å². The third-order valence-electron chi connectivity index (χ3n) is 4.12. The van der Waals surface area contributed by atoms with E-state index in [2.05, 4.69) is 15.5 Å². The van der Waals surface area contributed by atoms with Gasteiger partial charge >= 0.3 is 0 Å². The standard InChI is InChI=1S/C16H21N3O3/c1-10(20)18-11-3-5-12(6-4-11)22-15-8-7-14-13(9-17-19-14)16(15)21-2/h7-9,11-12H,3-6H2,1-2H3,(H,17,19)(H,18,20). The number of ether oxygens (including phenoxy) is 2. The highest BCUT2D eigenvalue weighted by Crippen LogP contribution is 2.36. The van der Waals surface area contributed by atoms with E-state index in [1.165, 1.54) is 0 Å². The van der Waals surface area contributed by atoms with E-state index in [9.17, 15) is 4.79 Å². The number of benzene rings is 1. The van der Waals surface area contributed by atoms with Gasteiger partial charge in [-0.3, -0.25) is 9.89 Å². The van der Waals surface area contributed by atoms with Crippen molar-refractivity contribution in [2.24, 2.45) is 0 Å². The van der Waals surface area contributed by atoms with Crippen molar-refractivity contribution in [2.75, 3.05) is 7.11 Å². The smallest absolute Gasteiger partial charge is 0.217 e. The molecule has 1 aliphatic rings. The molecule has 0 aliphatic heterocycles. The summed E-state index contributed by atoms with van der Waals surface area (Å²) in [6, 6.07) is 4.14. The van der Waals surface area contributed by atoms with Crippen molar-refractivity contribution in [3.63, 3.8) is 0 Å². The molecule has 6 nitrogen and oxygen atoms in total. The summed E-state index contributed by atoms with van der Waals surface area (Å²) in [5.74, 6) is 1.51. The van der Waals surface area contributed by atoms with E-state index in [1.807, 2.05) is 12.1 Å². The molecule has 0 spiro atoms. The number of hydrogen-bond donors (Lipinski definition) is 2. The first-order valence-corrected chi connectivity index (χ1v) is 7.61. The van der Waals surface area contributed by atoms with Crippen LogP contribution in [-0.2, 0) is 4.79 Å². The van der Waals surface area contributed by atoms with Gasteiger partial charge in [0.05, 0.1) is 30.3 Å². The average molecular weight is 303 g/mol. The molecule has 6 heteroatoms. The number of fused-ring (bicyclic) bond motifs is 1. The zero-order chi connectivity index (χ0) is 15.5. The van der Waals surface area contributed by atoms with Crippen molar-refractivity contribution in [3.8, 4) is 11.5 Å². The Kier molecular flexibility index (Phi) is 4.18. The number of aromatic nitrogens is 2. The van der Waals surface area contributed by atoms with E-state index in [0.717, 1.165) is 48.1 Å². The Morgan fingerprint density at radius 2 is 2.09 bits per heavy atom. The van der Waals surface area contributed by atoms with Crippen LogP contribution in [0.1, 0.15) is 32.6 Å². The first-order chi connectivity index (χ1) is 10.7. The van der Waals surface area contributed by atoms with Crippen LogP contribution >= 0.6 is 0 Å². The SMILES string of the molecule is COc1c(OC2CCC(NC(C)=O)CC2)ccc2[nH]ncc12. The summed E-state index contributed by atoms with van der Waals surface area (Å²) in [6.07, 6.45) is 5.65. The third-order valence-corrected chi connectivity index (χ3v) is 4.12. The minimum absolute atomic E-state index is 0.0384. The number of H-pyrrole nitrogens is 1. The zero-order valence-electron chi connectivity index (χ0n) is 12.9. The molecule has 0 bridgehead atoms. The molecule has 1 fully saturated rings. The van der Waals surface area contributed by atoms with Crippen LogP contribution in [0.15, 0.2) is 18.3 Å². The number of nitrogens with zero attached hydrogens (tertiary/aromatic N) is 1. The normalized spacial score (nSPS) is 21.5. The maximum atomic E-state index is 11.1. The Labute approximate surface area is 129 Å². The maximum absolute atomic E-state index is 11.1. The Balaban J connectivity index is 1.68. The van der Waals surface area contributed by atoms with Crippen molar-refractivity contribution in [1.82, 2.24) is 15.5 Å². The summed E-state index contributed by atoms with van der Waals surface area (Å²) in [5, 5.41) is 10.9. The summed E-state index contributed by atoms with van der Waals surface area (Å²) >= 11 is 0. The quantitative estimate of drug-likeness (QED) is 0.909. The molecule has 1 aliphatic carbocycles. The van der Waals surface area contributed by atoms with Crippen molar-refractivity contribution < 1.29 is 14.3 Å². The molecule has 1 saturated carbocycles. The molecule has 0 radical (unpaired) electrons. The summed E-state index contributed by atoms with van der Waals surface area (Å²) in [7, 11) is 1.64. The lowest BCUT2D eigenvalue weighted by atomic mass is 9.93. The predicted octanol–water partition coefficient (Wildman–Crippen LogP) is 2.40. The van der Waals surface area contributed by atoms with Crippen molar-refractivity contribution in [2.45, 2.75) is 44.8 Å². The second kappa shape index (κ2) is 6.25. The molecule has 3 rings (SSSR count).